The summed E-state index contributed by atoms with van der Waals surface area (Å²) in [5.41, 5.74) is 2.83. The SMILES string of the molecule is Cc1cccc(C(C)(O)c2ccccc2Cl)c1C. The van der Waals surface area contributed by atoms with E-state index in [-0.39, 0.29) is 0 Å². The quantitative estimate of drug-likeness (QED) is 0.858. The molecule has 0 aromatic heterocycles. The zero-order valence-electron chi connectivity index (χ0n) is 10.9. The third-order valence-electron chi connectivity index (χ3n) is 3.53. The number of aliphatic hydroxyl groups is 1. The van der Waals surface area contributed by atoms with Crippen LogP contribution in [0, 0.1) is 13.8 Å². The third kappa shape index (κ3) is 2.16. The molecule has 1 N–H and O–H groups in total. The molecule has 0 aliphatic carbocycles. The second-order valence-electron chi connectivity index (χ2n) is 4.80. The summed E-state index contributed by atoms with van der Waals surface area (Å²) in [5.74, 6) is 0. The molecule has 2 heteroatoms. The molecule has 1 nitrogen and oxygen atoms in total. The molecule has 0 aliphatic heterocycles. The maximum Gasteiger partial charge on any atom is 0.113 e. The maximum atomic E-state index is 10.9. The molecule has 0 saturated carbocycles. The van der Waals surface area contributed by atoms with Crippen molar-refractivity contribution in [3.05, 3.63) is 69.7 Å². The van der Waals surface area contributed by atoms with Crippen LogP contribution in [0.15, 0.2) is 42.5 Å². The second kappa shape index (κ2) is 4.75. The van der Waals surface area contributed by atoms with Gasteiger partial charge in [-0.05, 0) is 43.5 Å². The smallest absolute Gasteiger partial charge is 0.113 e. The Kier molecular flexibility index (Phi) is 3.47. The standard InChI is InChI=1S/C16H17ClO/c1-11-7-6-9-13(12(11)2)16(3,18)14-8-4-5-10-15(14)17/h4-10,18H,1-3H3. The van der Waals surface area contributed by atoms with Crippen molar-refractivity contribution in [1.29, 1.82) is 0 Å². The Bertz CT molecular complexity index is 573. The van der Waals surface area contributed by atoms with Crippen molar-refractivity contribution in [2.45, 2.75) is 26.4 Å². The van der Waals surface area contributed by atoms with Crippen LogP contribution in [-0.4, -0.2) is 5.11 Å². The zero-order chi connectivity index (χ0) is 13.3. The molecule has 0 saturated heterocycles. The monoisotopic (exact) mass is 260 g/mol. The lowest BCUT2D eigenvalue weighted by Crippen LogP contribution is -2.24. The van der Waals surface area contributed by atoms with E-state index < -0.39 is 5.60 Å². The Hall–Kier alpha value is -1.31. The van der Waals surface area contributed by atoms with Gasteiger partial charge in [0.25, 0.3) is 0 Å². The Morgan fingerprint density at radius 3 is 2.22 bits per heavy atom. The fourth-order valence-electron chi connectivity index (χ4n) is 2.28. The number of rotatable bonds is 2. The summed E-state index contributed by atoms with van der Waals surface area (Å²) >= 11 is 6.19. The highest BCUT2D eigenvalue weighted by Gasteiger charge is 2.29. The molecule has 94 valence electrons. The second-order valence-corrected chi connectivity index (χ2v) is 5.21. The lowest BCUT2D eigenvalue weighted by atomic mass is 9.84. The average molecular weight is 261 g/mol. The highest BCUT2D eigenvalue weighted by molar-refractivity contribution is 6.31. The first kappa shape index (κ1) is 13.1. The molecule has 2 aromatic carbocycles. The van der Waals surface area contributed by atoms with Gasteiger partial charge in [-0.2, -0.15) is 0 Å². The van der Waals surface area contributed by atoms with E-state index in [4.69, 9.17) is 11.6 Å². The molecule has 0 fully saturated rings. The summed E-state index contributed by atoms with van der Waals surface area (Å²) in [6.07, 6.45) is 0. The van der Waals surface area contributed by atoms with Gasteiger partial charge < -0.3 is 5.11 Å². The minimum Gasteiger partial charge on any atom is -0.381 e. The van der Waals surface area contributed by atoms with Crippen LogP contribution in [0.1, 0.15) is 29.2 Å². The molecule has 0 heterocycles. The van der Waals surface area contributed by atoms with Gasteiger partial charge in [0.1, 0.15) is 5.60 Å². The average Bonchev–Trinajstić information content (AvgIpc) is 2.32. The summed E-state index contributed by atoms with van der Waals surface area (Å²) in [6.45, 7) is 5.85. The van der Waals surface area contributed by atoms with E-state index in [1.165, 1.54) is 5.56 Å². The van der Waals surface area contributed by atoms with Gasteiger partial charge in [0.05, 0.1) is 0 Å². The molecule has 2 rings (SSSR count). The molecule has 1 atom stereocenters. The van der Waals surface area contributed by atoms with Crippen LogP contribution in [0.5, 0.6) is 0 Å². The molecule has 0 bridgehead atoms. The van der Waals surface area contributed by atoms with Gasteiger partial charge in [-0.25, -0.2) is 0 Å². The number of aryl methyl sites for hydroxylation is 1. The molecule has 0 radical (unpaired) electrons. The minimum atomic E-state index is -1.07. The van der Waals surface area contributed by atoms with Crippen molar-refractivity contribution >= 4 is 11.6 Å². The fraction of sp³-hybridized carbons (Fsp3) is 0.250. The van der Waals surface area contributed by atoms with Crippen LogP contribution in [0.4, 0.5) is 0 Å². The molecule has 1 unspecified atom stereocenters. The first-order chi connectivity index (χ1) is 8.44. The lowest BCUT2D eigenvalue weighted by Gasteiger charge is -2.28. The first-order valence-corrected chi connectivity index (χ1v) is 6.36. The van der Waals surface area contributed by atoms with Crippen molar-refractivity contribution in [3.8, 4) is 0 Å². The third-order valence-corrected chi connectivity index (χ3v) is 3.86. The van der Waals surface area contributed by atoms with Crippen molar-refractivity contribution in [2.75, 3.05) is 0 Å². The normalized spacial score (nSPS) is 14.3. The van der Waals surface area contributed by atoms with Crippen molar-refractivity contribution in [1.82, 2.24) is 0 Å². The van der Waals surface area contributed by atoms with Crippen LogP contribution in [-0.2, 0) is 5.60 Å². The Balaban J connectivity index is 2.62. The summed E-state index contributed by atoms with van der Waals surface area (Å²) in [6, 6.07) is 13.4. The van der Waals surface area contributed by atoms with Crippen LogP contribution in [0.2, 0.25) is 5.02 Å². The van der Waals surface area contributed by atoms with Crippen LogP contribution in [0.25, 0.3) is 0 Å². The summed E-state index contributed by atoms with van der Waals surface area (Å²) < 4.78 is 0. The lowest BCUT2D eigenvalue weighted by molar-refractivity contribution is 0.102. The van der Waals surface area contributed by atoms with Gasteiger partial charge in [-0.15, -0.1) is 0 Å². The Morgan fingerprint density at radius 1 is 0.944 bits per heavy atom. The van der Waals surface area contributed by atoms with Gasteiger partial charge >= 0.3 is 0 Å². The molecular weight excluding hydrogens is 244 g/mol. The summed E-state index contributed by atoms with van der Waals surface area (Å²) in [7, 11) is 0. The van der Waals surface area contributed by atoms with Crippen LogP contribution >= 0.6 is 11.6 Å². The van der Waals surface area contributed by atoms with Gasteiger partial charge in [-0.1, -0.05) is 48.0 Å². The highest BCUT2D eigenvalue weighted by Crippen LogP contribution is 2.35. The van der Waals surface area contributed by atoms with Crippen LogP contribution in [0.3, 0.4) is 0 Å². The molecule has 2 aromatic rings. The molecule has 0 spiro atoms. The van der Waals surface area contributed by atoms with Gasteiger partial charge in [-0.3, -0.25) is 0 Å². The van der Waals surface area contributed by atoms with E-state index in [1.807, 2.05) is 50.2 Å². The van der Waals surface area contributed by atoms with Crippen molar-refractivity contribution in [3.63, 3.8) is 0 Å². The summed E-state index contributed by atoms with van der Waals surface area (Å²) in [5, 5.41) is 11.4. The first-order valence-electron chi connectivity index (χ1n) is 5.98. The largest absolute Gasteiger partial charge is 0.381 e. The number of hydrogen-bond donors (Lipinski definition) is 1. The van der Waals surface area contributed by atoms with Gasteiger partial charge in [0.2, 0.25) is 0 Å². The predicted octanol–water partition coefficient (Wildman–Crippen LogP) is 4.21. The maximum absolute atomic E-state index is 10.9. The Morgan fingerprint density at radius 2 is 1.56 bits per heavy atom. The fourth-order valence-corrected chi connectivity index (χ4v) is 2.60. The molecule has 0 amide bonds. The topological polar surface area (TPSA) is 20.2 Å². The van der Waals surface area contributed by atoms with Crippen LogP contribution < -0.4 is 0 Å². The van der Waals surface area contributed by atoms with E-state index in [0.29, 0.717) is 5.02 Å². The molecule has 18 heavy (non-hydrogen) atoms. The van der Waals surface area contributed by atoms with E-state index in [1.54, 1.807) is 13.0 Å². The number of halogens is 1. The number of benzene rings is 2. The highest BCUT2D eigenvalue weighted by atomic mass is 35.5. The number of hydrogen-bond acceptors (Lipinski definition) is 1. The van der Waals surface area contributed by atoms with Crippen molar-refractivity contribution < 1.29 is 5.11 Å². The Labute approximate surface area is 113 Å². The van der Waals surface area contributed by atoms with Gasteiger partial charge in [0, 0.05) is 10.6 Å². The summed E-state index contributed by atoms with van der Waals surface area (Å²) in [4.78, 5) is 0. The minimum absolute atomic E-state index is 0.586. The van der Waals surface area contributed by atoms with E-state index in [2.05, 4.69) is 0 Å². The zero-order valence-corrected chi connectivity index (χ0v) is 11.6. The molecule has 0 aliphatic rings. The van der Waals surface area contributed by atoms with Crippen molar-refractivity contribution in [2.24, 2.45) is 0 Å². The van der Waals surface area contributed by atoms with E-state index in [0.717, 1.165) is 16.7 Å². The van der Waals surface area contributed by atoms with E-state index in [9.17, 15) is 5.11 Å². The predicted molar refractivity (Wildman–Crippen MR) is 76.0 cm³/mol. The van der Waals surface area contributed by atoms with Gasteiger partial charge in [0.15, 0.2) is 0 Å². The van der Waals surface area contributed by atoms with E-state index >= 15 is 0 Å². The molecular formula is C16H17ClO.